The summed E-state index contributed by atoms with van der Waals surface area (Å²) in [5, 5.41) is 54.3. The number of ether oxygens (including phenoxy) is 1. The summed E-state index contributed by atoms with van der Waals surface area (Å²) in [6.45, 7) is 3.22. The fourth-order valence-corrected chi connectivity index (χ4v) is 5.55. The third kappa shape index (κ3) is 16.3. The standard InChI is InChI=1S/C33H64N2O9/c1-3-5-7-9-10-11-12-13-14-15-16-17-18-19-20-22-28(38)44-35(26(24-36)32(42)34-23-21-8-6-4-2)33-31(41)30(40)29(39)27(25-37)43-33/h26-27,29-31,33,36-37,39-41H,3-25H2,1-2H3,(H,34,42)/t26-,27+,29-,30-,31+,33?/m0/s1. The van der Waals surface area contributed by atoms with Crippen LogP contribution in [0.4, 0.5) is 0 Å². The zero-order chi connectivity index (χ0) is 32.6. The molecule has 6 atom stereocenters. The number of carbonyl (C=O) groups excluding carboxylic acids is 2. The van der Waals surface area contributed by atoms with Gasteiger partial charge in [0.25, 0.3) is 0 Å². The molecule has 0 radical (unpaired) electrons. The molecule has 1 amide bonds. The molecular weight excluding hydrogens is 568 g/mol. The Morgan fingerprint density at radius 2 is 1.18 bits per heavy atom. The van der Waals surface area contributed by atoms with Crippen molar-refractivity contribution in [2.75, 3.05) is 19.8 Å². The summed E-state index contributed by atoms with van der Waals surface area (Å²) in [6, 6.07) is -1.44. The van der Waals surface area contributed by atoms with Gasteiger partial charge in [-0.25, -0.2) is 0 Å². The molecule has 1 aliphatic heterocycles. The molecule has 260 valence electrons. The van der Waals surface area contributed by atoms with E-state index in [1.807, 2.05) is 0 Å². The van der Waals surface area contributed by atoms with E-state index in [9.17, 15) is 35.1 Å². The third-order valence-electron chi connectivity index (χ3n) is 8.42. The van der Waals surface area contributed by atoms with Gasteiger partial charge in [-0.2, -0.15) is 0 Å². The number of hydroxylamine groups is 2. The summed E-state index contributed by atoms with van der Waals surface area (Å²) in [5.41, 5.74) is 0. The lowest BCUT2D eigenvalue weighted by Crippen LogP contribution is -2.66. The summed E-state index contributed by atoms with van der Waals surface area (Å²) >= 11 is 0. The average Bonchev–Trinajstić information content (AvgIpc) is 3.01. The molecule has 1 saturated heterocycles. The van der Waals surface area contributed by atoms with Crippen LogP contribution in [0.5, 0.6) is 0 Å². The topological polar surface area (TPSA) is 169 Å². The van der Waals surface area contributed by atoms with E-state index in [0.29, 0.717) is 13.0 Å². The molecule has 6 N–H and O–H groups in total. The number of nitrogens with zero attached hydrogens (tertiary/aromatic N) is 1. The summed E-state index contributed by atoms with van der Waals surface area (Å²) in [5.74, 6) is -1.31. The second kappa shape index (κ2) is 25.8. The summed E-state index contributed by atoms with van der Waals surface area (Å²) in [6.07, 6.45) is 13.7. The molecule has 44 heavy (non-hydrogen) atoms. The summed E-state index contributed by atoms with van der Waals surface area (Å²) in [7, 11) is 0. The van der Waals surface area contributed by atoms with E-state index in [0.717, 1.165) is 50.0 Å². The monoisotopic (exact) mass is 632 g/mol. The number of unbranched alkanes of at least 4 members (excludes halogenated alkanes) is 17. The molecule has 0 aliphatic carbocycles. The Morgan fingerprint density at radius 1 is 0.705 bits per heavy atom. The van der Waals surface area contributed by atoms with Gasteiger partial charge in [-0.1, -0.05) is 128 Å². The van der Waals surface area contributed by atoms with Crippen molar-refractivity contribution in [1.29, 1.82) is 0 Å². The molecule has 1 heterocycles. The molecular formula is C33H64N2O9. The van der Waals surface area contributed by atoms with Gasteiger partial charge < -0.3 is 40.4 Å². The number of rotatable bonds is 27. The minimum absolute atomic E-state index is 0.0585. The number of nitrogens with one attached hydrogen (secondary N) is 1. The predicted molar refractivity (Wildman–Crippen MR) is 169 cm³/mol. The van der Waals surface area contributed by atoms with E-state index >= 15 is 0 Å². The van der Waals surface area contributed by atoms with Gasteiger partial charge in [0.2, 0.25) is 5.91 Å². The Morgan fingerprint density at radius 3 is 1.66 bits per heavy atom. The lowest BCUT2D eigenvalue weighted by molar-refractivity contribution is -0.333. The van der Waals surface area contributed by atoms with Crippen LogP contribution in [0.1, 0.15) is 142 Å². The molecule has 1 unspecified atom stereocenters. The minimum atomic E-state index is -1.78. The second-order valence-electron chi connectivity index (χ2n) is 12.3. The van der Waals surface area contributed by atoms with Crippen LogP contribution in [0.2, 0.25) is 0 Å². The maximum atomic E-state index is 13.0. The first-order chi connectivity index (χ1) is 21.3. The lowest BCUT2D eigenvalue weighted by Gasteiger charge is -2.44. The van der Waals surface area contributed by atoms with Crippen molar-refractivity contribution in [1.82, 2.24) is 10.4 Å². The molecule has 0 aromatic heterocycles. The third-order valence-corrected chi connectivity index (χ3v) is 8.42. The summed E-state index contributed by atoms with van der Waals surface area (Å²) < 4.78 is 5.56. The van der Waals surface area contributed by atoms with E-state index in [4.69, 9.17) is 9.57 Å². The fraction of sp³-hybridized carbons (Fsp3) is 0.939. The van der Waals surface area contributed by atoms with Crippen molar-refractivity contribution < 1.29 is 44.7 Å². The Bertz CT molecular complexity index is 727. The van der Waals surface area contributed by atoms with Gasteiger partial charge in [0, 0.05) is 13.0 Å². The maximum Gasteiger partial charge on any atom is 0.325 e. The number of aliphatic hydroxyl groups excluding tert-OH is 5. The molecule has 0 bridgehead atoms. The highest BCUT2D eigenvalue weighted by Gasteiger charge is 2.49. The van der Waals surface area contributed by atoms with Crippen LogP contribution in [-0.4, -0.2) is 98.9 Å². The van der Waals surface area contributed by atoms with Gasteiger partial charge in [0.15, 0.2) is 12.3 Å². The van der Waals surface area contributed by atoms with Gasteiger partial charge >= 0.3 is 5.97 Å². The molecule has 0 aromatic rings. The van der Waals surface area contributed by atoms with Crippen LogP contribution in [0.3, 0.4) is 0 Å². The SMILES string of the molecule is CCCCCCCCCCCCCCCCCC(=O)ON(C1O[C@H](CO)[C@H](O)[C@H](O)[C@H]1O)[C@@H](CO)C(=O)NCCCCCC. The molecule has 0 saturated carbocycles. The Hall–Kier alpha value is -1.34. The van der Waals surface area contributed by atoms with Crippen molar-refractivity contribution in [3.8, 4) is 0 Å². The number of aliphatic hydroxyl groups is 5. The number of hydrogen-bond acceptors (Lipinski definition) is 10. The highest BCUT2D eigenvalue weighted by molar-refractivity contribution is 5.82. The van der Waals surface area contributed by atoms with Crippen molar-refractivity contribution in [2.24, 2.45) is 0 Å². The van der Waals surface area contributed by atoms with Gasteiger partial charge in [0.1, 0.15) is 24.4 Å². The first kappa shape index (κ1) is 40.7. The zero-order valence-corrected chi connectivity index (χ0v) is 27.5. The normalized spacial score (nSPS) is 22.7. The van der Waals surface area contributed by atoms with Crippen LogP contribution in [0, 0.1) is 0 Å². The van der Waals surface area contributed by atoms with Crippen LogP contribution < -0.4 is 5.32 Å². The van der Waals surface area contributed by atoms with Crippen molar-refractivity contribution >= 4 is 11.9 Å². The molecule has 1 fully saturated rings. The first-order valence-electron chi connectivity index (χ1n) is 17.5. The van der Waals surface area contributed by atoms with Gasteiger partial charge in [-0.3, -0.25) is 9.59 Å². The van der Waals surface area contributed by atoms with Crippen molar-refractivity contribution in [3.63, 3.8) is 0 Å². The van der Waals surface area contributed by atoms with Crippen LogP contribution in [-0.2, 0) is 19.2 Å². The quantitative estimate of drug-likeness (QED) is 0.0578. The zero-order valence-electron chi connectivity index (χ0n) is 27.5. The van der Waals surface area contributed by atoms with Gasteiger partial charge in [-0.15, -0.1) is 0 Å². The van der Waals surface area contributed by atoms with E-state index in [1.165, 1.54) is 70.6 Å². The Balaban J connectivity index is 2.53. The highest BCUT2D eigenvalue weighted by atomic mass is 16.7. The van der Waals surface area contributed by atoms with Gasteiger partial charge in [0.05, 0.1) is 13.2 Å². The fourth-order valence-electron chi connectivity index (χ4n) is 5.55. The second-order valence-corrected chi connectivity index (χ2v) is 12.3. The molecule has 1 rings (SSSR count). The number of amides is 1. The molecule has 11 nitrogen and oxygen atoms in total. The van der Waals surface area contributed by atoms with E-state index < -0.39 is 61.8 Å². The van der Waals surface area contributed by atoms with E-state index in [-0.39, 0.29) is 6.42 Å². The van der Waals surface area contributed by atoms with Crippen molar-refractivity contribution in [3.05, 3.63) is 0 Å². The maximum absolute atomic E-state index is 13.0. The van der Waals surface area contributed by atoms with Crippen LogP contribution in [0.15, 0.2) is 0 Å². The predicted octanol–water partition coefficient (Wildman–Crippen LogP) is 3.87. The smallest absolute Gasteiger partial charge is 0.325 e. The molecule has 0 aromatic carbocycles. The van der Waals surface area contributed by atoms with E-state index in [1.54, 1.807) is 0 Å². The number of carbonyl (C=O) groups is 2. The van der Waals surface area contributed by atoms with Crippen molar-refractivity contribution in [2.45, 2.75) is 179 Å². The Kier molecular flexibility index (Phi) is 23.9. The minimum Gasteiger partial charge on any atom is -0.394 e. The van der Waals surface area contributed by atoms with Crippen LogP contribution >= 0.6 is 0 Å². The summed E-state index contributed by atoms with van der Waals surface area (Å²) in [4.78, 5) is 31.3. The Labute approximate surface area is 265 Å². The largest absolute Gasteiger partial charge is 0.394 e. The number of hydrogen-bond donors (Lipinski definition) is 6. The molecule has 1 aliphatic rings. The van der Waals surface area contributed by atoms with Crippen LogP contribution in [0.25, 0.3) is 0 Å². The highest BCUT2D eigenvalue weighted by Crippen LogP contribution is 2.26. The average molecular weight is 633 g/mol. The van der Waals surface area contributed by atoms with E-state index in [2.05, 4.69) is 19.2 Å². The first-order valence-corrected chi connectivity index (χ1v) is 17.5. The van der Waals surface area contributed by atoms with Gasteiger partial charge in [-0.05, 0) is 12.8 Å². The lowest BCUT2D eigenvalue weighted by atomic mass is 9.98. The molecule has 11 heteroatoms. The molecule has 0 spiro atoms.